The first-order valence-corrected chi connectivity index (χ1v) is 6.81. The summed E-state index contributed by atoms with van der Waals surface area (Å²) in [6, 6.07) is 8.81. The standard InChI is InChI=1S/C16H17ClN2O2/c1-9-4-5-15(21-3)11(6-9)16(20)19-14-8-12(17)13(18)7-10(14)2/h4-8H,18H2,1-3H3,(H,19,20). The van der Waals surface area contributed by atoms with Gasteiger partial charge in [0.15, 0.2) is 0 Å². The van der Waals surface area contributed by atoms with Gasteiger partial charge in [0.2, 0.25) is 0 Å². The van der Waals surface area contributed by atoms with Gasteiger partial charge in [-0.1, -0.05) is 23.2 Å². The number of aryl methyl sites for hydroxylation is 2. The number of carbonyl (C=O) groups excluding carboxylic acids is 1. The van der Waals surface area contributed by atoms with Gasteiger partial charge in [0.25, 0.3) is 5.91 Å². The van der Waals surface area contributed by atoms with E-state index in [1.165, 1.54) is 7.11 Å². The summed E-state index contributed by atoms with van der Waals surface area (Å²) < 4.78 is 5.23. The molecule has 0 bridgehead atoms. The van der Waals surface area contributed by atoms with Crippen LogP contribution in [0, 0.1) is 13.8 Å². The molecule has 0 radical (unpaired) electrons. The van der Waals surface area contributed by atoms with Crippen molar-refractivity contribution in [2.75, 3.05) is 18.2 Å². The van der Waals surface area contributed by atoms with Gasteiger partial charge in [0.05, 0.1) is 23.4 Å². The van der Waals surface area contributed by atoms with Crippen molar-refractivity contribution in [3.63, 3.8) is 0 Å². The van der Waals surface area contributed by atoms with Crippen molar-refractivity contribution in [1.82, 2.24) is 0 Å². The lowest BCUT2D eigenvalue weighted by molar-refractivity contribution is 0.102. The molecule has 2 aromatic rings. The number of nitrogens with two attached hydrogens (primary N) is 1. The molecule has 0 unspecified atom stereocenters. The summed E-state index contributed by atoms with van der Waals surface area (Å²) in [5.41, 5.74) is 9.15. The average molecular weight is 305 g/mol. The average Bonchev–Trinajstić information content (AvgIpc) is 2.44. The van der Waals surface area contributed by atoms with Gasteiger partial charge in [-0.3, -0.25) is 4.79 Å². The summed E-state index contributed by atoms with van der Waals surface area (Å²) in [5.74, 6) is 0.275. The topological polar surface area (TPSA) is 64.3 Å². The number of rotatable bonds is 3. The number of benzene rings is 2. The lowest BCUT2D eigenvalue weighted by Crippen LogP contribution is -2.14. The zero-order chi connectivity index (χ0) is 15.6. The number of anilines is 2. The van der Waals surface area contributed by atoms with Crippen LogP contribution in [0.1, 0.15) is 21.5 Å². The van der Waals surface area contributed by atoms with Gasteiger partial charge in [-0.05, 0) is 43.7 Å². The maximum Gasteiger partial charge on any atom is 0.259 e. The van der Waals surface area contributed by atoms with Crippen LogP contribution in [0.4, 0.5) is 11.4 Å². The number of halogens is 1. The Bertz CT molecular complexity index is 699. The molecule has 3 N–H and O–H groups in total. The van der Waals surface area contributed by atoms with E-state index in [1.807, 2.05) is 19.9 Å². The molecule has 21 heavy (non-hydrogen) atoms. The Hall–Kier alpha value is -2.20. The normalized spacial score (nSPS) is 10.3. The summed E-state index contributed by atoms with van der Waals surface area (Å²) in [4.78, 5) is 12.4. The van der Waals surface area contributed by atoms with E-state index in [1.54, 1.807) is 24.3 Å². The van der Waals surface area contributed by atoms with E-state index < -0.39 is 0 Å². The van der Waals surface area contributed by atoms with Crippen LogP contribution >= 0.6 is 11.6 Å². The zero-order valence-corrected chi connectivity index (χ0v) is 12.9. The fourth-order valence-corrected chi connectivity index (χ4v) is 2.19. The van der Waals surface area contributed by atoms with Gasteiger partial charge in [-0.25, -0.2) is 0 Å². The van der Waals surface area contributed by atoms with E-state index in [0.717, 1.165) is 11.1 Å². The van der Waals surface area contributed by atoms with Gasteiger partial charge in [0.1, 0.15) is 5.75 Å². The monoisotopic (exact) mass is 304 g/mol. The summed E-state index contributed by atoms with van der Waals surface area (Å²) in [6.07, 6.45) is 0. The van der Waals surface area contributed by atoms with Crippen molar-refractivity contribution in [1.29, 1.82) is 0 Å². The summed E-state index contributed by atoms with van der Waals surface area (Å²) in [6.45, 7) is 3.78. The molecule has 0 aliphatic heterocycles. The molecular formula is C16H17ClN2O2. The molecule has 0 aliphatic rings. The van der Waals surface area contributed by atoms with Crippen molar-refractivity contribution in [3.8, 4) is 5.75 Å². The molecule has 0 atom stereocenters. The van der Waals surface area contributed by atoms with E-state index >= 15 is 0 Å². The highest BCUT2D eigenvalue weighted by Crippen LogP contribution is 2.28. The summed E-state index contributed by atoms with van der Waals surface area (Å²) in [7, 11) is 1.53. The molecule has 0 heterocycles. The van der Waals surface area contributed by atoms with Crippen LogP contribution in [0.5, 0.6) is 5.75 Å². The SMILES string of the molecule is COc1ccc(C)cc1C(=O)Nc1cc(Cl)c(N)cc1C. The van der Waals surface area contributed by atoms with Gasteiger partial charge >= 0.3 is 0 Å². The Balaban J connectivity index is 2.34. The Kier molecular flexibility index (Phi) is 4.38. The van der Waals surface area contributed by atoms with Crippen LogP contribution in [0.3, 0.4) is 0 Å². The quantitative estimate of drug-likeness (QED) is 0.848. The molecule has 0 saturated carbocycles. The number of nitrogens with one attached hydrogen (secondary N) is 1. The zero-order valence-electron chi connectivity index (χ0n) is 12.2. The third kappa shape index (κ3) is 3.28. The number of hydrogen-bond acceptors (Lipinski definition) is 3. The predicted octanol–water partition coefficient (Wildman–Crippen LogP) is 3.80. The third-order valence-electron chi connectivity index (χ3n) is 3.19. The molecule has 2 aromatic carbocycles. The van der Waals surface area contributed by atoms with Crippen molar-refractivity contribution in [2.45, 2.75) is 13.8 Å². The van der Waals surface area contributed by atoms with Crippen LogP contribution in [0.2, 0.25) is 5.02 Å². The largest absolute Gasteiger partial charge is 0.496 e. The second-order valence-corrected chi connectivity index (χ2v) is 5.25. The maximum atomic E-state index is 12.4. The molecule has 0 saturated heterocycles. The predicted molar refractivity (Wildman–Crippen MR) is 86.3 cm³/mol. The highest BCUT2D eigenvalue weighted by atomic mass is 35.5. The second kappa shape index (κ2) is 6.06. The van der Waals surface area contributed by atoms with Crippen molar-refractivity contribution in [3.05, 3.63) is 52.0 Å². The first kappa shape index (κ1) is 15.2. The Morgan fingerprint density at radius 2 is 1.95 bits per heavy atom. The van der Waals surface area contributed by atoms with Crippen molar-refractivity contribution < 1.29 is 9.53 Å². The molecule has 1 amide bonds. The molecule has 0 fully saturated rings. The highest BCUT2D eigenvalue weighted by molar-refractivity contribution is 6.33. The van der Waals surface area contributed by atoms with Gasteiger partial charge in [0, 0.05) is 5.69 Å². The van der Waals surface area contributed by atoms with Gasteiger partial charge < -0.3 is 15.8 Å². The van der Waals surface area contributed by atoms with Crippen LogP contribution in [0.25, 0.3) is 0 Å². The van der Waals surface area contributed by atoms with E-state index in [4.69, 9.17) is 22.1 Å². The lowest BCUT2D eigenvalue weighted by atomic mass is 10.1. The van der Waals surface area contributed by atoms with Crippen LogP contribution in [-0.2, 0) is 0 Å². The number of ether oxygens (including phenoxy) is 1. The molecule has 110 valence electrons. The number of hydrogen-bond donors (Lipinski definition) is 2. The molecule has 2 rings (SSSR count). The molecule has 4 nitrogen and oxygen atoms in total. The second-order valence-electron chi connectivity index (χ2n) is 4.85. The Morgan fingerprint density at radius 3 is 2.62 bits per heavy atom. The third-order valence-corrected chi connectivity index (χ3v) is 3.52. The number of methoxy groups -OCH3 is 1. The minimum atomic E-state index is -0.250. The Morgan fingerprint density at radius 1 is 1.24 bits per heavy atom. The van der Waals surface area contributed by atoms with Crippen molar-refractivity contribution in [2.24, 2.45) is 0 Å². The molecule has 0 spiro atoms. The number of carbonyl (C=O) groups is 1. The van der Waals surface area contributed by atoms with Gasteiger partial charge in [-0.15, -0.1) is 0 Å². The summed E-state index contributed by atoms with van der Waals surface area (Å²) >= 11 is 6.00. The van der Waals surface area contributed by atoms with Crippen LogP contribution < -0.4 is 15.8 Å². The van der Waals surface area contributed by atoms with Crippen LogP contribution in [0.15, 0.2) is 30.3 Å². The minimum Gasteiger partial charge on any atom is -0.496 e. The molecule has 0 aromatic heterocycles. The van der Waals surface area contributed by atoms with Crippen molar-refractivity contribution >= 4 is 28.9 Å². The van der Waals surface area contributed by atoms with E-state index in [9.17, 15) is 4.79 Å². The Labute approximate surface area is 128 Å². The maximum absolute atomic E-state index is 12.4. The lowest BCUT2D eigenvalue weighted by Gasteiger charge is -2.13. The number of amides is 1. The molecular weight excluding hydrogens is 288 g/mol. The minimum absolute atomic E-state index is 0.250. The van der Waals surface area contributed by atoms with E-state index in [0.29, 0.717) is 27.7 Å². The van der Waals surface area contributed by atoms with E-state index in [-0.39, 0.29) is 5.91 Å². The van der Waals surface area contributed by atoms with Gasteiger partial charge in [-0.2, -0.15) is 0 Å². The molecule has 0 aliphatic carbocycles. The first-order chi connectivity index (χ1) is 9.92. The fraction of sp³-hybridized carbons (Fsp3) is 0.188. The molecule has 5 heteroatoms. The summed E-state index contributed by atoms with van der Waals surface area (Å²) in [5, 5.41) is 3.25. The fourth-order valence-electron chi connectivity index (χ4n) is 2.03. The van der Waals surface area contributed by atoms with E-state index in [2.05, 4.69) is 5.32 Å². The number of nitrogen functional groups attached to an aromatic ring is 1. The highest BCUT2D eigenvalue weighted by Gasteiger charge is 2.14. The smallest absolute Gasteiger partial charge is 0.259 e. The van der Waals surface area contributed by atoms with Crippen LogP contribution in [-0.4, -0.2) is 13.0 Å². The first-order valence-electron chi connectivity index (χ1n) is 6.44.